The summed E-state index contributed by atoms with van der Waals surface area (Å²) in [4.78, 5) is 7.89. The highest BCUT2D eigenvalue weighted by molar-refractivity contribution is 5.92. The molecule has 3 N–H and O–H groups in total. The van der Waals surface area contributed by atoms with Crippen LogP contribution < -0.4 is 10.5 Å². The number of nitrogen functional groups attached to an aromatic ring is 1. The lowest BCUT2D eigenvalue weighted by Gasteiger charge is -2.06. The van der Waals surface area contributed by atoms with Gasteiger partial charge in [0.05, 0.1) is 19.0 Å². The minimum Gasteiger partial charge on any atom is -0.476 e. The lowest BCUT2D eigenvalue weighted by molar-refractivity contribution is 0.260. The molecular weight excluding hydrogens is 180 g/mol. The second-order valence-electron chi connectivity index (χ2n) is 3.36. The predicted molar refractivity (Wildman–Crippen MR) is 53.4 cm³/mol. The van der Waals surface area contributed by atoms with E-state index in [1.165, 1.54) is 12.4 Å². The fourth-order valence-corrected chi connectivity index (χ4v) is 0.782. The Hall–Kier alpha value is -1.65. The summed E-state index contributed by atoms with van der Waals surface area (Å²) < 4.78 is 5.32. The topological polar surface area (TPSA) is 84.9 Å². The fourth-order valence-electron chi connectivity index (χ4n) is 0.782. The molecule has 0 aliphatic carbocycles. The molecule has 1 heterocycles. The molecule has 0 spiro atoms. The molecule has 0 amide bonds. The van der Waals surface area contributed by atoms with Crippen LogP contribution in [0.1, 0.15) is 19.5 Å². The van der Waals surface area contributed by atoms with E-state index in [1.54, 1.807) is 0 Å². The summed E-state index contributed by atoms with van der Waals surface area (Å²) in [5.74, 6) is 0.820. The number of hydrogen-bond acceptors (Lipinski definition) is 4. The molecule has 0 bridgehead atoms. The third-order valence-electron chi connectivity index (χ3n) is 1.47. The smallest absolute Gasteiger partial charge is 0.232 e. The quantitative estimate of drug-likeness (QED) is 0.548. The highest BCUT2D eigenvalue weighted by atomic mass is 16.5. The third kappa shape index (κ3) is 3.01. The van der Waals surface area contributed by atoms with Gasteiger partial charge in [-0.3, -0.25) is 5.41 Å². The summed E-state index contributed by atoms with van der Waals surface area (Å²) in [6, 6.07) is 0. The summed E-state index contributed by atoms with van der Waals surface area (Å²) in [6.45, 7) is 4.71. The van der Waals surface area contributed by atoms with Crippen molar-refractivity contribution in [3.05, 3.63) is 18.1 Å². The van der Waals surface area contributed by atoms with E-state index in [0.717, 1.165) is 0 Å². The summed E-state index contributed by atoms with van der Waals surface area (Å²) in [7, 11) is 0. The van der Waals surface area contributed by atoms with Crippen molar-refractivity contribution in [1.29, 1.82) is 5.41 Å². The van der Waals surface area contributed by atoms with Crippen molar-refractivity contribution in [3.63, 3.8) is 0 Å². The van der Waals surface area contributed by atoms with Crippen molar-refractivity contribution in [1.82, 2.24) is 9.97 Å². The Bertz CT molecular complexity index is 307. The van der Waals surface area contributed by atoms with Crippen LogP contribution >= 0.6 is 0 Å². The van der Waals surface area contributed by atoms with Gasteiger partial charge in [0.25, 0.3) is 0 Å². The molecule has 0 aliphatic rings. The van der Waals surface area contributed by atoms with E-state index in [0.29, 0.717) is 24.1 Å². The minimum absolute atomic E-state index is 0.0899. The Kier molecular flexibility index (Phi) is 3.39. The molecule has 0 fully saturated rings. The van der Waals surface area contributed by atoms with Crippen LogP contribution in [0.2, 0.25) is 0 Å². The number of nitrogens with two attached hydrogens (primary N) is 1. The maximum absolute atomic E-state index is 7.11. The fraction of sp³-hybridized carbons (Fsp3) is 0.444. The van der Waals surface area contributed by atoms with Gasteiger partial charge < -0.3 is 10.5 Å². The van der Waals surface area contributed by atoms with E-state index in [1.807, 2.05) is 0 Å². The van der Waals surface area contributed by atoms with Gasteiger partial charge in [0.15, 0.2) is 0 Å². The molecule has 0 aromatic carbocycles. The van der Waals surface area contributed by atoms with Gasteiger partial charge in [0, 0.05) is 0 Å². The molecule has 5 nitrogen and oxygen atoms in total. The zero-order chi connectivity index (χ0) is 10.6. The van der Waals surface area contributed by atoms with E-state index in [-0.39, 0.29) is 5.84 Å². The molecule has 1 aromatic heterocycles. The monoisotopic (exact) mass is 194 g/mol. The Morgan fingerprint density at radius 2 is 2.21 bits per heavy atom. The van der Waals surface area contributed by atoms with Crippen LogP contribution in [0.15, 0.2) is 12.4 Å². The summed E-state index contributed by atoms with van der Waals surface area (Å²) in [5, 5.41) is 7.11. The number of ether oxygens (including phenoxy) is 1. The summed E-state index contributed by atoms with van der Waals surface area (Å²) >= 11 is 0. The normalized spacial score (nSPS) is 10.2. The van der Waals surface area contributed by atoms with Crippen LogP contribution in [0.3, 0.4) is 0 Å². The van der Waals surface area contributed by atoms with Gasteiger partial charge in [-0.15, -0.1) is 0 Å². The first-order chi connectivity index (χ1) is 6.59. The number of hydrogen-bond donors (Lipinski definition) is 2. The van der Waals surface area contributed by atoms with Crippen molar-refractivity contribution in [2.45, 2.75) is 13.8 Å². The number of nitrogens with zero attached hydrogens (tertiary/aromatic N) is 2. The molecular formula is C9H14N4O. The molecule has 0 unspecified atom stereocenters. The maximum Gasteiger partial charge on any atom is 0.232 e. The molecule has 0 saturated carbocycles. The molecule has 76 valence electrons. The van der Waals surface area contributed by atoms with E-state index in [4.69, 9.17) is 15.9 Å². The predicted octanol–water partition coefficient (Wildman–Crippen LogP) is 0.795. The highest BCUT2D eigenvalue weighted by Gasteiger charge is 2.01. The van der Waals surface area contributed by atoms with E-state index < -0.39 is 0 Å². The van der Waals surface area contributed by atoms with Crippen LogP contribution in [0.25, 0.3) is 0 Å². The van der Waals surface area contributed by atoms with E-state index in [2.05, 4.69) is 23.8 Å². The molecule has 0 aliphatic heterocycles. The van der Waals surface area contributed by atoms with Crippen LogP contribution in [0, 0.1) is 11.3 Å². The number of aromatic nitrogens is 2. The average Bonchev–Trinajstić information content (AvgIpc) is 2.15. The van der Waals surface area contributed by atoms with E-state index >= 15 is 0 Å². The van der Waals surface area contributed by atoms with Crippen molar-refractivity contribution in [2.24, 2.45) is 11.7 Å². The van der Waals surface area contributed by atoms with Crippen molar-refractivity contribution in [2.75, 3.05) is 6.61 Å². The molecule has 0 radical (unpaired) electrons. The molecule has 0 atom stereocenters. The van der Waals surface area contributed by atoms with Crippen LogP contribution in [-0.4, -0.2) is 22.4 Å². The zero-order valence-corrected chi connectivity index (χ0v) is 8.32. The number of rotatable bonds is 4. The van der Waals surface area contributed by atoms with E-state index in [9.17, 15) is 0 Å². The minimum atomic E-state index is -0.0899. The van der Waals surface area contributed by atoms with Crippen LogP contribution in [-0.2, 0) is 0 Å². The van der Waals surface area contributed by atoms with Gasteiger partial charge in [-0.2, -0.15) is 0 Å². The molecule has 5 heteroatoms. The maximum atomic E-state index is 7.11. The van der Waals surface area contributed by atoms with Gasteiger partial charge in [-0.1, -0.05) is 13.8 Å². The van der Waals surface area contributed by atoms with Gasteiger partial charge in [-0.05, 0) is 5.92 Å². The van der Waals surface area contributed by atoms with Crippen molar-refractivity contribution >= 4 is 5.84 Å². The number of nitrogens with one attached hydrogen (secondary N) is 1. The molecule has 1 rings (SSSR count). The molecule has 1 aromatic rings. The molecule has 0 saturated heterocycles. The van der Waals surface area contributed by atoms with Crippen molar-refractivity contribution < 1.29 is 4.74 Å². The first kappa shape index (κ1) is 10.4. The molecule has 14 heavy (non-hydrogen) atoms. The Morgan fingerprint density at radius 3 is 2.64 bits per heavy atom. The zero-order valence-electron chi connectivity index (χ0n) is 8.32. The second-order valence-corrected chi connectivity index (χ2v) is 3.36. The second kappa shape index (κ2) is 4.55. The van der Waals surface area contributed by atoms with Gasteiger partial charge in [0.1, 0.15) is 11.5 Å². The largest absolute Gasteiger partial charge is 0.476 e. The standard InChI is InChI=1S/C9H14N4O/c1-6(2)5-14-8-4-12-7(3-13-8)9(10)11/h3-4,6H,5H2,1-2H3,(H3,10,11). The Labute approximate surface area is 82.8 Å². The first-order valence-electron chi connectivity index (χ1n) is 4.39. The van der Waals surface area contributed by atoms with Crippen LogP contribution in [0.5, 0.6) is 5.88 Å². The van der Waals surface area contributed by atoms with Crippen LogP contribution in [0.4, 0.5) is 0 Å². The number of amidine groups is 1. The van der Waals surface area contributed by atoms with Gasteiger partial charge in [-0.25, -0.2) is 9.97 Å². The summed E-state index contributed by atoms with van der Waals surface area (Å²) in [6.07, 6.45) is 2.90. The Morgan fingerprint density at radius 1 is 1.50 bits per heavy atom. The lowest BCUT2D eigenvalue weighted by atomic mass is 10.2. The van der Waals surface area contributed by atoms with Crippen molar-refractivity contribution in [3.8, 4) is 5.88 Å². The highest BCUT2D eigenvalue weighted by Crippen LogP contribution is 2.05. The van der Waals surface area contributed by atoms with Gasteiger partial charge >= 0.3 is 0 Å². The third-order valence-corrected chi connectivity index (χ3v) is 1.47. The summed E-state index contributed by atoms with van der Waals surface area (Å²) in [5.41, 5.74) is 5.59. The first-order valence-corrected chi connectivity index (χ1v) is 4.39. The SMILES string of the molecule is CC(C)COc1cnc(C(=N)N)cn1. The Balaban J connectivity index is 2.60. The lowest BCUT2D eigenvalue weighted by Crippen LogP contribution is -2.14. The van der Waals surface area contributed by atoms with Gasteiger partial charge in [0.2, 0.25) is 5.88 Å². The average molecular weight is 194 g/mol.